The van der Waals surface area contributed by atoms with Crippen molar-refractivity contribution in [1.82, 2.24) is 16.0 Å². The summed E-state index contributed by atoms with van der Waals surface area (Å²) in [6.07, 6.45) is 4.06. The summed E-state index contributed by atoms with van der Waals surface area (Å²) in [7, 11) is 0. The molecule has 0 radical (unpaired) electrons. The van der Waals surface area contributed by atoms with E-state index in [-0.39, 0.29) is 35.0 Å². The van der Waals surface area contributed by atoms with Crippen LogP contribution in [-0.4, -0.2) is 40.8 Å². The molecule has 0 saturated carbocycles. The highest BCUT2D eigenvalue weighted by molar-refractivity contribution is 7.99. The number of thioether (sulfide) groups is 1. The molecule has 4 atom stereocenters. The lowest BCUT2D eigenvalue weighted by Gasteiger charge is -2.47. The van der Waals surface area contributed by atoms with Gasteiger partial charge in [0.15, 0.2) is 17.3 Å². The zero-order chi connectivity index (χ0) is 22.0. The molecule has 1 fully saturated rings. The van der Waals surface area contributed by atoms with Crippen LogP contribution in [0, 0.1) is 5.92 Å². The van der Waals surface area contributed by atoms with E-state index < -0.39 is 5.92 Å². The topological polar surface area (TPSA) is 99.7 Å². The first-order chi connectivity index (χ1) is 15.0. The molecule has 3 aliphatic rings. The molecule has 4 unspecified atom stereocenters. The minimum atomic E-state index is -0.470. The van der Waals surface area contributed by atoms with Crippen molar-refractivity contribution in [3.05, 3.63) is 35.0 Å². The Morgan fingerprint density at radius 2 is 2.03 bits per heavy atom. The van der Waals surface area contributed by atoms with Crippen LogP contribution in [0.5, 0.6) is 11.5 Å². The number of ether oxygens (including phenoxy) is 1. The van der Waals surface area contributed by atoms with Crippen molar-refractivity contribution < 1.29 is 19.4 Å². The number of phenols is 1. The summed E-state index contributed by atoms with van der Waals surface area (Å²) in [5, 5.41) is 20.3. The summed E-state index contributed by atoms with van der Waals surface area (Å²) in [6.45, 7) is 4.42. The molecule has 4 N–H and O–H groups in total. The van der Waals surface area contributed by atoms with E-state index >= 15 is 0 Å². The standard InChI is InChI=1S/C23H31N3O4S/c1-3-5-11-31-23-25-21-20(22(29)26-23)18(19-14(24-21)7-6-8-16(19)28)13-9-10-15(27)17(12-13)30-4-2/h9-10,12,18,20-21,23-25,27H,3-8,11H2,1-2H3,(H,26,29). The van der Waals surface area contributed by atoms with Crippen LogP contribution in [0.3, 0.4) is 0 Å². The molecule has 31 heavy (non-hydrogen) atoms. The van der Waals surface area contributed by atoms with E-state index in [9.17, 15) is 14.7 Å². The third kappa shape index (κ3) is 4.41. The molecule has 0 bridgehead atoms. The zero-order valence-corrected chi connectivity index (χ0v) is 18.9. The van der Waals surface area contributed by atoms with E-state index in [0.717, 1.165) is 42.7 Å². The predicted octanol–water partition coefficient (Wildman–Crippen LogP) is 2.96. The number of allylic oxidation sites excluding steroid dienone is 2. The van der Waals surface area contributed by atoms with Gasteiger partial charge in [-0.2, -0.15) is 0 Å². The molecule has 1 saturated heterocycles. The highest BCUT2D eigenvalue weighted by Crippen LogP contribution is 2.45. The van der Waals surface area contributed by atoms with Crippen LogP contribution in [0.25, 0.3) is 0 Å². The van der Waals surface area contributed by atoms with E-state index in [0.29, 0.717) is 24.4 Å². The van der Waals surface area contributed by atoms with E-state index in [4.69, 9.17) is 4.74 Å². The van der Waals surface area contributed by atoms with Gasteiger partial charge >= 0.3 is 0 Å². The van der Waals surface area contributed by atoms with Gasteiger partial charge < -0.3 is 20.5 Å². The van der Waals surface area contributed by atoms with Crippen LogP contribution in [0.15, 0.2) is 29.5 Å². The lowest BCUT2D eigenvalue weighted by Crippen LogP contribution is -2.67. The summed E-state index contributed by atoms with van der Waals surface area (Å²) in [5.41, 5.74) is 2.30. The first-order valence-corrected chi connectivity index (χ1v) is 12.2. The third-order valence-electron chi connectivity index (χ3n) is 6.15. The van der Waals surface area contributed by atoms with Crippen molar-refractivity contribution in [2.75, 3.05) is 12.4 Å². The molecule has 4 rings (SSSR count). The lowest BCUT2D eigenvalue weighted by molar-refractivity contribution is -0.130. The monoisotopic (exact) mass is 445 g/mol. The van der Waals surface area contributed by atoms with Crippen LogP contribution >= 0.6 is 11.8 Å². The number of aromatic hydroxyl groups is 1. The zero-order valence-electron chi connectivity index (χ0n) is 18.1. The summed E-state index contributed by atoms with van der Waals surface area (Å²) >= 11 is 1.70. The Balaban J connectivity index is 1.71. The first kappa shape index (κ1) is 22.0. The number of benzene rings is 1. The van der Waals surface area contributed by atoms with Gasteiger partial charge in [0.25, 0.3) is 0 Å². The van der Waals surface area contributed by atoms with Gasteiger partial charge in [0, 0.05) is 23.6 Å². The Labute approximate surface area is 187 Å². The van der Waals surface area contributed by atoms with E-state index in [1.165, 1.54) is 0 Å². The lowest BCUT2D eigenvalue weighted by atomic mass is 9.70. The molecule has 1 aromatic carbocycles. The second-order valence-electron chi connectivity index (χ2n) is 8.23. The smallest absolute Gasteiger partial charge is 0.229 e. The molecule has 0 aromatic heterocycles. The van der Waals surface area contributed by atoms with Crippen molar-refractivity contribution in [3.8, 4) is 11.5 Å². The van der Waals surface area contributed by atoms with E-state index in [2.05, 4.69) is 22.9 Å². The molecule has 0 spiro atoms. The van der Waals surface area contributed by atoms with Gasteiger partial charge in [-0.3, -0.25) is 14.9 Å². The normalized spacial score (nSPS) is 27.8. The molecule has 1 aliphatic carbocycles. The van der Waals surface area contributed by atoms with E-state index in [1.54, 1.807) is 30.0 Å². The third-order valence-corrected chi connectivity index (χ3v) is 7.26. The van der Waals surface area contributed by atoms with Gasteiger partial charge in [-0.1, -0.05) is 19.4 Å². The first-order valence-electron chi connectivity index (χ1n) is 11.2. The number of nitrogens with one attached hydrogen (secondary N) is 3. The average molecular weight is 446 g/mol. The van der Waals surface area contributed by atoms with Crippen molar-refractivity contribution in [2.45, 2.75) is 63.5 Å². The SMILES string of the molecule is CCCCSC1NC(=O)C2C(NC3=C(C(=O)CCC3)C2c2ccc(O)c(OCC)c2)N1. The van der Waals surface area contributed by atoms with Crippen LogP contribution in [0.2, 0.25) is 0 Å². The Morgan fingerprint density at radius 1 is 1.19 bits per heavy atom. The maximum absolute atomic E-state index is 13.3. The number of amides is 1. The summed E-state index contributed by atoms with van der Waals surface area (Å²) in [6, 6.07) is 5.16. The number of hydrogen-bond acceptors (Lipinski definition) is 7. The molecular weight excluding hydrogens is 414 g/mol. The van der Waals surface area contributed by atoms with Crippen LogP contribution in [-0.2, 0) is 9.59 Å². The fraction of sp³-hybridized carbons (Fsp3) is 0.565. The van der Waals surface area contributed by atoms with Gasteiger partial charge in [0.2, 0.25) is 5.91 Å². The number of carbonyl (C=O) groups is 2. The van der Waals surface area contributed by atoms with Crippen molar-refractivity contribution >= 4 is 23.5 Å². The van der Waals surface area contributed by atoms with Gasteiger partial charge in [-0.15, -0.1) is 11.8 Å². The number of rotatable bonds is 7. The Morgan fingerprint density at radius 3 is 2.81 bits per heavy atom. The summed E-state index contributed by atoms with van der Waals surface area (Å²) in [4.78, 5) is 26.3. The highest BCUT2D eigenvalue weighted by Gasteiger charge is 2.49. The average Bonchev–Trinajstić information content (AvgIpc) is 2.74. The molecule has 2 heterocycles. The van der Waals surface area contributed by atoms with Gasteiger partial charge in [0.1, 0.15) is 5.50 Å². The van der Waals surface area contributed by atoms with E-state index in [1.807, 2.05) is 6.92 Å². The number of fused-ring (bicyclic) bond motifs is 1. The molecule has 1 amide bonds. The van der Waals surface area contributed by atoms with Crippen molar-refractivity contribution in [3.63, 3.8) is 0 Å². The predicted molar refractivity (Wildman–Crippen MR) is 121 cm³/mol. The second kappa shape index (κ2) is 9.53. The van der Waals surface area contributed by atoms with Gasteiger partial charge in [-0.05, 0) is 49.6 Å². The summed E-state index contributed by atoms with van der Waals surface area (Å²) < 4.78 is 5.58. The largest absolute Gasteiger partial charge is 0.504 e. The molecule has 8 heteroatoms. The van der Waals surface area contributed by atoms with Crippen molar-refractivity contribution in [1.29, 1.82) is 0 Å². The highest BCUT2D eigenvalue weighted by atomic mass is 32.2. The quantitative estimate of drug-likeness (QED) is 0.479. The van der Waals surface area contributed by atoms with Gasteiger partial charge in [-0.25, -0.2) is 0 Å². The maximum atomic E-state index is 13.3. The second-order valence-corrected chi connectivity index (χ2v) is 9.45. The Hall–Kier alpha value is -2.19. The number of phenolic OH excluding ortho intramolecular Hbond substituents is 1. The number of ketones is 1. The van der Waals surface area contributed by atoms with Gasteiger partial charge in [0.05, 0.1) is 18.7 Å². The minimum absolute atomic E-state index is 0.0545. The number of Topliss-reactive ketones (excluding diaryl/α,β-unsaturated/α-hetero) is 1. The molecule has 7 nitrogen and oxygen atoms in total. The van der Waals surface area contributed by atoms with Crippen LogP contribution < -0.4 is 20.7 Å². The summed E-state index contributed by atoms with van der Waals surface area (Å²) in [5.74, 6) is 0.571. The number of hydrogen-bond donors (Lipinski definition) is 4. The minimum Gasteiger partial charge on any atom is -0.504 e. The fourth-order valence-corrected chi connectivity index (χ4v) is 5.84. The van der Waals surface area contributed by atoms with Crippen LogP contribution in [0.4, 0.5) is 0 Å². The molecule has 168 valence electrons. The van der Waals surface area contributed by atoms with Crippen LogP contribution in [0.1, 0.15) is 57.4 Å². The Bertz CT molecular complexity index is 888. The molecular formula is C23H31N3O4S. The molecule has 2 aliphatic heterocycles. The number of carbonyl (C=O) groups excluding carboxylic acids is 2. The maximum Gasteiger partial charge on any atom is 0.229 e. The molecule has 1 aromatic rings. The Kier molecular flexibility index (Phi) is 6.77. The number of unbranched alkanes of at least 4 members (excludes halogenated alkanes) is 1. The van der Waals surface area contributed by atoms with Crippen molar-refractivity contribution in [2.24, 2.45) is 5.92 Å². The fourth-order valence-electron chi connectivity index (χ4n) is 4.71.